The second-order valence-electron chi connectivity index (χ2n) is 12.1. The van der Waals surface area contributed by atoms with Crippen molar-refractivity contribution in [2.24, 2.45) is 0 Å². The Morgan fingerprint density at radius 3 is 2.65 bits per heavy atom. The first-order valence-corrected chi connectivity index (χ1v) is 14.6. The molecule has 0 amide bonds. The van der Waals surface area contributed by atoms with Crippen molar-refractivity contribution < 1.29 is 18.6 Å². The molecule has 4 aliphatic rings. The number of anilines is 1. The highest BCUT2D eigenvalue weighted by atomic mass is 35.5. The molecule has 4 aliphatic heterocycles. The summed E-state index contributed by atoms with van der Waals surface area (Å²) in [5.41, 5.74) is 0.360. The number of ether oxygens (including phenoxy) is 1. The fourth-order valence-corrected chi connectivity index (χ4v) is 7.62. The molecular formula is C31H34Cl2F2N6O2. The van der Waals surface area contributed by atoms with Crippen LogP contribution in [0.25, 0.3) is 32.9 Å². The van der Waals surface area contributed by atoms with Crippen LogP contribution < -0.4 is 15.0 Å². The lowest BCUT2D eigenvalue weighted by Crippen LogP contribution is -2.51. The van der Waals surface area contributed by atoms with Crippen molar-refractivity contribution in [1.82, 2.24) is 25.2 Å². The summed E-state index contributed by atoms with van der Waals surface area (Å²) in [6, 6.07) is 11.5. The van der Waals surface area contributed by atoms with Crippen LogP contribution in [0.4, 0.5) is 14.6 Å². The number of phenolic OH excluding ortho intramolecular Hbond substituents is 1. The molecule has 4 atom stereocenters. The molecule has 0 spiro atoms. The Kier molecular flexibility index (Phi) is 8.00. The van der Waals surface area contributed by atoms with Crippen molar-refractivity contribution in [3.05, 3.63) is 48.4 Å². The van der Waals surface area contributed by atoms with Crippen molar-refractivity contribution in [3.8, 4) is 23.0 Å². The van der Waals surface area contributed by atoms with Gasteiger partial charge in [-0.3, -0.25) is 9.88 Å². The van der Waals surface area contributed by atoms with E-state index in [1.54, 1.807) is 12.3 Å². The van der Waals surface area contributed by atoms with Crippen LogP contribution in [-0.4, -0.2) is 81.5 Å². The molecule has 0 saturated carbocycles. The molecule has 2 bridgehead atoms. The van der Waals surface area contributed by atoms with Gasteiger partial charge in [0.1, 0.15) is 35.6 Å². The van der Waals surface area contributed by atoms with Crippen LogP contribution in [0.5, 0.6) is 11.8 Å². The summed E-state index contributed by atoms with van der Waals surface area (Å²) in [4.78, 5) is 18.4. The number of hydrogen-bond donors (Lipinski definition) is 2. The molecule has 6 heterocycles. The van der Waals surface area contributed by atoms with Crippen molar-refractivity contribution in [3.63, 3.8) is 0 Å². The van der Waals surface area contributed by atoms with E-state index < -0.39 is 12.0 Å². The van der Waals surface area contributed by atoms with Crippen LogP contribution in [-0.2, 0) is 0 Å². The van der Waals surface area contributed by atoms with Gasteiger partial charge >= 0.3 is 6.01 Å². The van der Waals surface area contributed by atoms with Crippen molar-refractivity contribution >= 4 is 52.3 Å². The summed E-state index contributed by atoms with van der Waals surface area (Å²) >= 11 is 0. The van der Waals surface area contributed by atoms with Gasteiger partial charge in [-0.1, -0.05) is 24.3 Å². The zero-order chi connectivity index (χ0) is 27.7. The number of fused-ring (bicyclic) bond motifs is 5. The Labute approximate surface area is 260 Å². The third kappa shape index (κ3) is 5.12. The maximum Gasteiger partial charge on any atom is 0.319 e. The Hall–Kier alpha value is -3.05. The molecule has 8 rings (SSSR count). The van der Waals surface area contributed by atoms with E-state index in [4.69, 9.17) is 9.72 Å². The molecule has 228 valence electrons. The number of alkyl halides is 1. The van der Waals surface area contributed by atoms with E-state index >= 15 is 4.39 Å². The minimum Gasteiger partial charge on any atom is -0.508 e. The maximum absolute atomic E-state index is 16.5. The van der Waals surface area contributed by atoms with Crippen molar-refractivity contribution in [2.45, 2.75) is 55.9 Å². The second-order valence-corrected chi connectivity index (χ2v) is 12.1. The van der Waals surface area contributed by atoms with Crippen LogP contribution in [0, 0.1) is 5.82 Å². The number of benzene rings is 2. The van der Waals surface area contributed by atoms with Crippen LogP contribution in [0.1, 0.15) is 32.1 Å². The van der Waals surface area contributed by atoms with E-state index in [1.165, 1.54) is 6.07 Å². The van der Waals surface area contributed by atoms with Gasteiger partial charge in [0.25, 0.3) is 0 Å². The van der Waals surface area contributed by atoms with Crippen molar-refractivity contribution in [1.29, 1.82) is 0 Å². The van der Waals surface area contributed by atoms with Crippen LogP contribution in [0.2, 0.25) is 0 Å². The normalized spacial score (nSPS) is 26.4. The first-order valence-electron chi connectivity index (χ1n) is 14.6. The summed E-state index contributed by atoms with van der Waals surface area (Å²) in [6.45, 7) is 3.06. The first kappa shape index (κ1) is 30.0. The number of phenols is 1. The third-order valence-corrected chi connectivity index (χ3v) is 9.49. The highest BCUT2D eigenvalue weighted by molar-refractivity contribution is 5.99. The smallest absolute Gasteiger partial charge is 0.319 e. The minimum absolute atomic E-state index is 0. The Balaban J connectivity index is 0.00000165. The van der Waals surface area contributed by atoms with E-state index in [9.17, 15) is 9.50 Å². The Morgan fingerprint density at radius 2 is 1.84 bits per heavy atom. The number of piperazine rings is 1. The molecule has 43 heavy (non-hydrogen) atoms. The molecule has 4 aromatic rings. The topological polar surface area (TPSA) is 86.6 Å². The van der Waals surface area contributed by atoms with Gasteiger partial charge in [-0.25, -0.2) is 8.78 Å². The molecule has 0 radical (unpaired) electrons. The van der Waals surface area contributed by atoms with Crippen LogP contribution in [0.15, 0.2) is 42.6 Å². The standard InChI is InChI=1S/C31H32F2N6O2.2ClH/c32-19-12-31(8-3-9-39(31)14-19)17-41-30-36-28-25(29(37-30)38-15-20-6-7-21(16-38)35-20)13-34-27(26(28)33)24-11-22(40)10-18-4-1-2-5-23(18)24;;/h1-2,4-5,10-11,13,19-21,35,40H,3,6-9,12,14-17H2;2*1H/t19-,20-,21+,31+;;/m1../s1. The zero-order valence-corrected chi connectivity index (χ0v) is 25.1. The Bertz CT molecular complexity index is 1670. The van der Waals surface area contributed by atoms with E-state index in [0.717, 1.165) is 56.1 Å². The SMILES string of the molecule is Cl.Cl.Oc1cc(-c2ncc3c(N4C[C@H]5CC[C@@H](C4)N5)nc(OC[C@@]45CCCN4C[C@H](F)C5)nc3c2F)c2ccccc2c1. The number of halogens is 4. The van der Waals surface area contributed by atoms with Gasteiger partial charge in [-0.15, -0.1) is 24.8 Å². The summed E-state index contributed by atoms with van der Waals surface area (Å²) in [7, 11) is 0. The molecule has 2 aromatic carbocycles. The van der Waals surface area contributed by atoms with Crippen LogP contribution in [0.3, 0.4) is 0 Å². The lowest BCUT2D eigenvalue weighted by Gasteiger charge is -2.34. The highest BCUT2D eigenvalue weighted by Crippen LogP contribution is 2.41. The van der Waals surface area contributed by atoms with E-state index in [1.807, 2.05) is 24.3 Å². The maximum atomic E-state index is 16.5. The summed E-state index contributed by atoms with van der Waals surface area (Å²) in [5.74, 6) is 0.0553. The average molecular weight is 632 g/mol. The fourth-order valence-electron chi connectivity index (χ4n) is 7.62. The fraction of sp³-hybridized carbons (Fsp3) is 0.452. The highest BCUT2D eigenvalue weighted by Gasteiger charge is 2.49. The zero-order valence-electron chi connectivity index (χ0n) is 23.5. The minimum atomic E-state index is -0.869. The molecule has 2 N–H and O–H groups in total. The van der Waals surface area contributed by atoms with E-state index in [2.05, 4.69) is 25.1 Å². The van der Waals surface area contributed by atoms with Crippen molar-refractivity contribution in [2.75, 3.05) is 37.7 Å². The summed E-state index contributed by atoms with van der Waals surface area (Å²) in [5, 5.41) is 16.1. The summed E-state index contributed by atoms with van der Waals surface area (Å²) < 4.78 is 37.2. The van der Waals surface area contributed by atoms with Gasteiger partial charge in [0, 0.05) is 49.9 Å². The number of nitrogens with one attached hydrogen (secondary N) is 1. The molecular weight excluding hydrogens is 597 g/mol. The largest absolute Gasteiger partial charge is 0.508 e. The number of pyridine rings is 1. The lowest BCUT2D eigenvalue weighted by molar-refractivity contribution is 0.107. The molecule has 2 aromatic heterocycles. The predicted octanol–water partition coefficient (Wildman–Crippen LogP) is 5.43. The first-order chi connectivity index (χ1) is 20.0. The van der Waals surface area contributed by atoms with Gasteiger partial charge < -0.3 is 20.1 Å². The van der Waals surface area contributed by atoms with Crippen LogP contribution >= 0.6 is 24.8 Å². The lowest BCUT2D eigenvalue weighted by atomic mass is 9.95. The van der Waals surface area contributed by atoms with E-state index in [0.29, 0.717) is 41.8 Å². The summed E-state index contributed by atoms with van der Waals surface area (Å²) in [6.07, 6.45) is 5.26. The van der Waals surface area contributed by atoms with Gasteiger partial charge in [0.05, 0.1) is 10.9 Å². The molecule has 0 unspecified atom stereocenters. The number of aromatic nitrogens is 3. The average Bonchev–Trinajstić information content (AvgIpc) is 3.61. The quantitative estimate of drug-likeness (QED) is 0.302. The Morgan fingerprint density at radius 1 is 1.05 bits per heavy atom. The predicted molar refractivity (Wildman–Crippen MR) is 167 cm³/mol. The molecule has 0 aliphatic carbocycles. The number of rotatable bonds is 5. The van der Waals surface area contributed by atoms with Gasteiger partial charge in [0.15, 0.2) is 5.82 Å². The van der Waals surface area contributed by atoms with Gasteiger partial charge in [-0.2, -0.15) is 9.97 Å². The monoisotopic (exact) mass is 630 g/mol. The van der Waals surface area contributed by atoms with E-state index in [-0.39, 0.29) is 59.9 Å². The molecule has 4 saturated heterocycles. The number of hydrogen-bond acceptors (Lipinski definition) is 8. The van der Waals surface area contributed by atoms with Gasteiger partial charge in [-0.05, 0) is 55.1 Å². The number of aromatic hydroxyl groups is 1. The number of nitrogens with zero attached hydrogens (tertiary/aromatic N) is 5. The molecule has 8 nitrogen and oxygen atoms in total. The van der Waals surface area contributed by atoms with Gasteiger partial charge in [0.2, 0.25) is 0 Å². The second kappa shape index (κ2) is 11.5. The molecule has 12 heteroatoms. The third-order valence-electron chi connectivity index (χ3n) is 9.49. The molecule has 4 fully saturated rings.